The molecule has 1 aromatic carbocycles. The van der Waals surface area contributed by atoms with Crippen molar-refractivity contribution in [2.75, 3.05) is 18.1 Å². The predicted octanol–water partition coefficient (Wildman–Crippen LogP) is 3.49. The zero-order valence-corrected chi connectivity index (χ0v) is 17.1. The van der Waals surface area contributed by atoms with Crippen molar-refractivity contribution in [2.24, 2.45) is 0 Å². The summed E-state index contributed by atoms with van der Waals surface area (Å²) in [6.45, 7) is 4.47. The van der Waals surface area contributed by atoms with Gasteiger partial charge in [-0.2, -0.15) is 0 Å². The summed E-state index contributed by atoms with van der Waals surface area (Å²) in [6, 6.07) is 5.49. The number of hydrogen-bond acceptors (Lipinski definition) is 5. The highest BCUT2D eigenvalue weighted by molar-refractivity contribution is 9.10. The van der Waals surface area contributed by atoms with Crippen LogP contribution in [0.15, 0.2) is 34.0 Å². The van der Waals surface area contributed by atoms with Crippen LogP contribution in [-0.2, 0) is 19.9 Å². The van der Waals surface area contributed by atoms with E-state index in [1.165, 1.54) is 0 Å². The molecule has 0 spiro atoms. The van der Waals surface area contributed by atoms with E-state index >= 15 is 0 Å². The standard InChI is InChI=1S/C19H20BrNO4S/c1-11-15-18(2,26-16(11)22)19(24)13-10-12(20)6-7-14(13)21(17(19)23)8-4-3-5-9-25-15/h6-7,10,24H,3-5,8-9H2,1-2H3. The van der Waals surface area contributed by atoms with Crippen molar-refractivity contribution < 1.29 is 19.4 Å². The molecule has 2 atom stereocenters. The molecule has 1 amide bonds. The third-order valence-corrected chi connectivity index (χ3v) is 7.41. The van der Waals surface area contributed by atoms with Gasteiger partial charge in [0.15, 0.2) is 5.60 Å². The van der Waals surface area contributed by atoms with E-state index in [-0.39, 0.29) is 11.0 Å². The summed E-state index contributed by atoms with van der Waals surface area (Å²) >= 11 is 4.43. The third-order valence-electron chi connectivity index (χ3n) is 5.53. The van der Waals surface area contributed by atoms with Crippen LogP contribution in [0.3, 0.4) is 0 Å². The van der Waals surface area contributed by atoms with Crippen LogP contribution in [0.2, 0.25) is 0 Å². The van der Waals surface area contributed by atoms with E-state index in [9.17, 15) is 14.7 Å². The molecule has 1 saturated heterocycles. The van der Waals surface area contributed by atoms with Gasteiger partial charge in [0.25, 0.3) is 5.91 Å². The molecule has 7 heteroatoms. The maximum Gasteiger partial charge on any atom is 0.265 e. The first kappa shape index (κ1) is 18.1. The van der Waals surface area contributed by atoms with Gasteiger partial charge in [-0.3, -0.25) is 9.59 Å². The monoisotopic (exact) mass is 437 g/mol. The number of amides is 1. The smallest absolute Gasteiger partial charge is 0.265 e. The minimum Gasteiger partial charge on any atom is -0.496 e. The summed E-state index contributed by atoms with van der Waals surface area (Å²) in [7, 11) is 0. The van der Waals surface area contributed by atoms with Crippen molar-refractivity contribution in [1.29, 1.82) is 0 Å². The molecule has 2 unspecified atom stereocenters. The minimum absolute atomic E-state index is 0.157. The molecule has 3 aliphatic heterocycles. The number of aliphatic hydroxyl groups is 1. The molecule has 5 nitrogen and oxygen atoms in total. The first-order valence-corrected chi connectivity index (χ1v) is 10.3. The van der Waals surface area contributed by atoms with Gasteiger partial charge in [0.05, 0.1) is 12.3 Å². The highest BCUT2D eigenvalue weighted by atomic mass is 79.9. The number of hydrogen-bond donors (Lipinski definition) is 1. The quantitative estimate of drug-likeness (QED) is 0.672. The first-order valence-electron chi connectivity index (χ1n) is 8.72. The van der Waals surface area contributed by atoms with E-state index in [4.69, 9.17) is 4.74 Å². The lowest BCUT2D eigenvalue weighted by Crippen LogP contribution is -2.54. The highest BCUT2D eigenvalue weighted by Gasteiger charge is 2.66. The second kappa shape index (κ2) is 6.11. The number of anilines is 1. The van der Waals surface area contributed by atoms with Gasteiger partial charge in [0.2, 0.25) is 5.12 Å². The molecule has 138 valence electrons. The summed E-state index contributed by atoms with van der Waals surface area (Å²) in [6.07, 6.45) is 2.60. The molecule has 26 heavy (non-hydrogen) atoms. The van der Waals surface area contributed by atoms with Crippen LogP contribution in [0.1, 0.15) is 38.7 Å². The van der Waals surface area contributed by atoms with Crippen LogP contribution in [0.25, 0.3) is 0 Å². The number of fused-ring (bicyclic) bond motifs is 7. The molecule has 1 aromatic rings. The Hall–Kier alpha value is -1.31. The normalized spacial score (nSPS) is 31.5. The number of thioether (sulfide) groups is 1. The van der Waals surface area contributed by atoms with Crippen LogP contribution in [0.4, 0.5) is 5.69 Å². The Morgan fingerprint density at radius 2 is 2.04 bits per heavy atom. The summed E-state index contributed by atoms with van der Waals surface area (Å²) in [5.41, 5.74) is -0.146. The molecule has 1 fully saturated rings. The van der Waals surface area contributed by atoms with Crippen molar-refractivity contribution in [3.05, 3.63) is 39.6 Å². The zero-order chi connectivity index (χ0) is 18.7. The van der Waals surface area contributed by atoms with E-state index in [1.54, 1.807) is 24.8 Å². The lowest BCUT2D eigenvalue weighted by molar-refractivity contribution is -0.139. The van der Waals surface area contributed by atoms with Crippen molar-refractivity contribution >= 4 is 44.4 Å². The Labute approximate surface area is 164 Å². The number of rotatable bonds is 0. The Bertz CT molecular complexity index is 854. The molecule has 1 N–H and O–H groups in total. The van der Waals surface area contributed by atoms with Crippen LogP contribution in [-0.4, -0.2) is 34.0 Å². The number of carbonyl (C=O) groups is 2. The van der Waals surface area contributed by atoms with Crippen LogP contribution in [0.5, 0.6) is 0 Å². The zero-order valence-electron chi connectivity index (χ0n) is 14.7. The highest BCUT2D eigenvalue weighted by Crippen LogP contribution is 2.59. The fraction of sp³-hybridized carbons (Fsp3) is 0.474. The van der Waals surface area contributed by atoms with Crippen molar-refractivity contribution in [3.8, 4) is 0 Å². The maximum atomic E-state index is 13.4. The number of ether oxygens (including phenoxy) is 1. The first-order chi connectivity index (χ1) is 12.3. The van der Waals surface area contributed by atoms with Gasteiger partial charge < -0.3 is 14.7 Å². The SMILES string of the molecule is CC1=C2OCCCCCN3C(=O)C(O)(c4cc(Br)ccc43)C2(C)SC1=O. The number of halogens is 1. The van der Waals surface area contributed by atoms with Crippen molar-refractivity contribution in [2.45, 2.75) is 43.5 Å². The molecule has 2 bridgehead atoms. The van der Waals surface area contributed by atoms with Crippen LogP contribution in [0, 0.1) is 0 Å². The molecule has 3 aliphatic rings. The van der Waals surface area contributed by atoms with Crippen molar-refractivity contribution in [1.82, 2.24) is 0 Å². The average Bonchev–Trinajstić information content (AvgIpc) is 2.95. The molecule has 0 saturated carbocycles. The summed E-state index contributed by atoms with van der Waals surface area (Å²) in [5, 5.41) is 11.7. The summed E-state index contributed by atoms with van der Waals surface area (Å²) in [5.74, 6) is 0.0455. The average molecular weight is 438 g/mol. The summed E-state index contributed by atoms with van der Waals surface area (Å²) < 4.78 is 5.57. The van der Waals surface area contributed by atoms with Gasteiger partial charge in [-0.25, -0.2) is 0 Å². The molecule has 4 rings (SSSR count). The topological polar surface area (TPSA) is 66.8 Å². The second-order valence-corrected chi connectivity index (χ2v) is 9.42. The van der Waals surface area contributed by atoms with E-state index in [0.29, 0.717) is 35.7 Å². The predicted molar refractivity (Wildman–Crippen MR) is 104 cm³/mol. The Kier molecular flexibility index (Phi) is 4.24. The number of benzene rings is 1. The number of carbonyl (C=O) groups excluding carboxylic acids is 2. The van der Waals surface area contributed by atoms with E-state index in [2.05, 4.69) is 15.9 Å². The fourth-order valence-corrected chi connectivity index (χ4v) is 5.73. The Balaban J connectivity index is 1.99. The van der Waals surface area contributed by atoms with Crippen LogP contribution >= 0.6 is 27.7 Å². The van der Waals surface area contributed by atoms with Crippen molar-refractivity contribution in [3.63, 3.8) is 0 Å². The Morgan fingerprint density at radius 1 is 1.27 bits per heavy atom. The maximum absolute atomic E-state index is 13.4. The number of nitrogens with zero attached hydrogens (tertiary/aromatic N) is 1. The Morgan fingerprint density at radius 3 is 2.81 bits per heavy atom. The molecule has 0 aromatic heterocycles. The molecular formula is C19H20BrNO4S. The van der Waals surface area contributed by atoms with Crippen LogP contribution < -0.4 is 4.90 Å². The van der Waals surface area contributed by atoms with E-state index in [0.717, 1.165) is 35.5 Å². The molecule has 0 radical (unpaired) electrons. The van der Waals surface area contributed by atoms with Gasteiger partial charge in [0, 0.05) is 22.2 Å². The van der Waals surface area contributed by atoms with E-state index < -0.39 is 10.3 Å². The van der Waals surface area contributed by atoms with Gasteiger partial charge in [0.1, 0.15) is 10.5 Å². The largest absolute Gasteiger partial charge is 0.496 e. The minimum atomic E-state index is -1.86. The van der Waals surface area contributed by atoms with Gasteiger partial charge in [-0.15, -0.1) is 0 Å². The van der Waals surface area contributed by atoms with Gasteiger partial charge >= 0.3 is 0 Å². The summed E-state index contributed by atoms with van der Waals surface area (Å²) in [4.78, 5) is 27.6. The third kappa shape index (κ3) is 2.26. The van der Waals surface area contributed by atoms with Gasteiger partial charge in [-0.05, 0) is 51.3 Å². The lowest BCUT2D eigenvalue weighted by Gasteiger charge is -2.38. The second-order valence-electron chi connectivity index (χ2n) is 7.11. The fourth-order valence-electron chi connectivity index (χ4n) is 4.10. The lowest BCUT2D eigenvalue weighted by atomic mass is 9.80. The molecule has 0 aliphatic carbocycles. The van der Waals surface area contributed by atoms with Gasteiger partial charge in [-0.1, -0.05) is 27.7 Å². The molecule has 3 heterocycles. The van der Waals surface area contributed by atoms with E-state index in [1.807, 2.05) is 12.1 Å². The molecular weight excluding hydrogens is 418 g/mol.